The van der Waals surface area contributed by atoms with Gasteiger partial charge in [-0.15, -0.1) is 10.2 Å². The van der Waals surface area contributed by atoms with E-state index in [4.69, 9.17) is 11.6 Å². The van der Waals surface area contributed by atoms with Crippen molar-refractivity contribution in [3.05, 3.63) is 57.2 Å². The summed E-state index contributed by atoms with van der Waals surface area (Å²) in [4.78, 5) is 22.4. The number of nitro groups is 1. The minimum Gasteiger partial charge on any atom is -0.320 e. The molecule has 1 amide bonds. The number of hydrogen-bond donors (Lipinski definition) is 1. The van der Waals surface area contributed by atoms with Gasteiger partial charge in [-0.3, -0.25) is 19.3 Å². The van der Waals surface area contributed by atoms with Crippen LogP contribution in [0.15, 0.2) is 41.7 Å². The van der Waals surface area contributed by atoms with Crippen LogP contribution in [-0.2, 0) is 11.0 Å². The highest BCUT2D eigenvalue weighted by Gasteiger charge is 2.31. The van der Waals surface area contributed by atoms with Crippen molar-refractivity contribution >= 4 is 46.3 Å². The summed E-state index contributed by atoms with van der Waals surface area (Å²) in [5.74, 6) is -0.865. The lowest BCUT2D eigenvalue weighted by Gasteiger charge is -2.08. The number of fused-ring (bicyclic) bond motifs is 1. The summed E-state index contributed by atoms with van der Waals surface area (Å²) in [5, 5.41) is 21.1. The molecule has 0 aliphatic carbocycles. The third-order valence-electron chi connectivity index (χ3n) is 3.46. The van der Waals surface area contributed by atoms with Gasteiger partial charge in [-0.2, -0.15) is 13.2 Å². The topological polar surface area (TPSA) is 102 Å². The van der Waals surface area contributed by atoms with Gasteiger partial charge in [0.2, 0.25) is 5.91 Å². The van der Waals surface area contributed by atoms with Crippen LogP contribution in [-0.4, -0.2) is 31.2 Å². The van der Waals surface area contributed by atoms with E-state index in [-0.39, 0.29) is 33.0 Å². The maximum atomic E-state index is 12.9. The summed E-state index contributed by atoms with van der Waals surface area (Å²) in [6.45, 7) is 0. The van der Waals surface area contributed by atoms with Crippen LogP contribution in [0.2, 0.25) is 5.02 Å². The largest absolute Gasteiger partial charge is 0.417 e. The first kappa shape index (κ1) is 19.9. The summed E-state index contributed by atoms with van der Waals surface area (Å²) in [7, 11) is 0. The van der Waals surface area contributed by atoms with E-state index in [2.05, 4.69) is 15.5 Å². The van der Waals surface area contributed by atoms with Crippen molar-refractivity contribution in [2.24, 2.45) is 0 Å². The number of benzene rings is 1. The maximum Gasteiger partial charge on any atom is 0.417 e. The molecular weight excluding hydrogens is 423 g/mol. The minimum atomic E-state index is -4.54. The highest BCUT2D eigenvalue weighted by Crippen LogP contribution is 2.31. The van der Waals surface area contributed by atoms with Crippen LogP contribution < -0.4 is 5.32 Å². The van der Waals surface area contributed by atoms with E-state index in [1.165, 1.54) is 12.1 Å². The summed E-state index contributed by atoms with van der Waals surface area (Å²) >= 11 is 6.54. The number of anilines is 1. The Morgan fingerprint density at radius 1 is 1.29 bits per heavy atom. The molecule has 3 aromatic rings. The maximum absolute atomic E-state index is 12.9. The van der Waals surface area contributed by atoms with E-state index in [0.717, 1.165) is 40.6 Å². The second-order valence-corrected chi connectivity index (χ2v) is 6.76. The first-order chi connectivity index (χ1) is 13.1. The first-order valence-electron chi connectivity index (χ1n) is 7.44. The molecule has 2 heterocycles. The van der Waals surface area contributed by atoms with Crippen LogP contribution in [0.4, 0.5) is 24.5 Å². The molecule has 3 rings (SSSR count). The number of hydrogen-bond acceptors (Lipinski definition) is 6. The molecule has 0 unspecified atom stereocenters. The normalized spacial score (nSPS) is 11.6. The Bertz CT molecular complexity index is 1070. The van der Waals surface area contributed by atoms with Crippen LogP contribution in [0.5, 0.6) is 0 Å². The molecule has 0 aliphatic rings. The predicted octanol–water partition coefficient (Wildman–Crippen LogP) is 4.04. The number of nitro benzene ring substituents is 1. The summed E-state index contributed by atoms with van der Waals surface area (Å²) in [5.41, 5.74) is -1.13. The number of rotatable bonds is 5. The molecule has 28 heavy (non-hydrogen) atoms. The summed E-state index contributed by atoms with van der Waals surface area (Å²) < 4.78 is 39.7. The summed E-state index contributed by atoms with van der Waals surface area (Å²) in [6.07, 6.45) is -3.70. The van der Waals surface area contributed by atoms with Gasteiger partial charge in [0.15, 0.2) is 10.8 Å². The van der Waals surface area contributed by atoms with E-state index in [0.29, 0.717) is 0 Å². The molecule has 0 saturated heterocycles. The number of pyridine rings is 1. The number of carbonyl (C=O) groups excluding carboxylic acids is 1. The van der Waals surface area contributed by atoms with Crippen LogP contribution in [0.3, 0.4) is 0 Å². The molecule has 13 heteroatoms. The molecule has 0 spiro atoms. The molecule has 2 aromatic heterocycles. The lowest BCUT2D eigenvalue weighted by Crippen LogP contribution is -2.15. The van der Waals surface area contributed by atoms with Crippen LogP contribution in [0, 0.1) is 10.1 Å². The number of nitrogens with zero attached hydrogens (tertiary/aromatic N) is 4. The van der Waals surface area contributed by atoms with Crippen molar-refractivity contribution in [2.45, 2.75) is 11.3 Å². The molecule has 8 nitrogen and oxygen atoms in total. The Morgan fingerprint density at radius 3 is 2.71 bits per heavy atom. The second-order valence-electron chi connectivity index (χ2n) is 5.38. The standard InChI is InChI=1S/C15H9ClF3N5O3S/c16-9-2-3-10(11(5-9)24(26)27)20-13(25)7-28-14-22-21-12-4-1-8(6-23(12)14)15(17,18)19/h1-6H,7H2,(H,20,25). The highest BCUT2D eigenvalue weighted by molar-refractivity contribution is 7.99. The van der Waals surface area contributed by atoms with E-state index in [9.17, 15) is 28.1 Å². The van der Waals surface area contributed by atoms with E-state index in [1.54, 1.807) is 0 Å². The Kier molecular flexibility index (Phi) is 5.42. The Labute approximate surface area is 163 Å². The van der Waals surface area contributed by atoms with Crippen LogP contribution >= 0.6 is 23.4 Å². The van der Waals surface area contributed by atoms with Gasteiger partial charge in [0.05, 0.1) is 16.2 Å². The van der Waals surface area contributed by atoms with E-state index in [1.807, 2.05) is 0 Å². The summed E-state index contributed by atoms with van der Waals surface area (Å²) in [6, 6.07) is 5.80. The zero-order valence-electron chi connectivity index (χ0n) is 13.6. The smallest absolute Gasteiger partial charge is 0.320 e. The van der Waals surface area contributed by atoms with Crippen molar-refractivity contribution in [3.8, 4) is 0 Å². The zero-order valence-corrected chi connectivity index (χ0v) is 15.2. The Hall–Kier alpha value is -2.86. The lowest BCUT2D eigenvalue weighted by atomic mass is 10.2. The van der Waals surface area contributed by atoms with Crippen molar-refractivity contribution in [3.63, 3.8) is 0 Å². The highest BCUT2D eigenvalue weighted by atomic mass is 35.5. The van der Waals surface area contributed by atoms with Crippen molar-refractivity contribution < 1.29 is 22.9 Å². The second kappa shape index (κ2) is 7.64. The number of amides is 1. The lowest BCUT2D eigenvalue weighted by molar-refractivity contribution is -0.383. The predicted molar refractivity (Wildman–Crippen MR) is 95.4 cm³/mol. The van der Waals surface area contributed by atoms with Crippen LogP contribution in [0.1, 0.15) is 5.56 Å². The van der Waals surface area contributed by atoms with Gasteiger partial charge in [0.1, 0.15) is 5.69 Å². The van der Waals surface area contributed by atoms with Gasteiger partial charge in [-0.1, -0.05) is 23.4 Å². The number of halogens is 4. The fourth-order valence-corrected chi connectivity index (χ4v) is 3.10. The van der Waals surface area contributed by atoms with Gasteiger partial charge in [0.25, 0.3) is 5.69 Å². The van der Waals surface area contributed by atoms with Gasteiger partial charge in [-0.25, -0.2) is 0 Å². The molecule has 0 bridgehead atoms. The van der Waals surface area contributed by atoms with Crippen molar-refractivity contribution in [1.82, 2.24) is 14.6 Å². The quantitative estimate of drug-likeness (QED) is 0.371. The molecule has 0 aliphatic heterocycles. The first-order valence-corrected chi connectivity index (χ1v) is 8.80. The number of nitrogens with one attached hydrogen (secondary N) is 1. The molecule has 0 saturated carbocycles. The van der Waals surface area contributed by atoms with Gasteiger partial charge in [-0.05, 0) is 24.3 Å². The number of aromatic nitrogens is 3. The molecule has 1 aromatic carbocycles. The average Bonchev–Trinajstić information content (AvgIpc) is 3.03. The van der Waals surface area contributed by atoms with E-state index < -0.39 is 22.6 Å². The molecule has 146 valence electrons. The Morgan fingerprint density at radius 2 is 2.04 bits per heavy atom. The Balaban J connectivity index is 1.74. The molecule has 1 N–H and O–H groups in total. The van der Waals surface area contributed by atoms with Gasteiger partial charge in [0, 0.05) is 17.3 Å². The van der Waals surface area contributed by atoms with Crippen molar-refractivity contribution in [2.75, 3.05) is 11.1 Å². The van der Waals surface area contributed by atoms with Gasteiger partial charge >= 0.3 is 6.18 Å². The number of carbonyl (C=O) groups is 1. The van der Waals surface area contributed by atoms with Gasteiger partial charge < -0.3 is 5.32 Å². The monoisotopic (exact) mass is 431 g/mol. The molecule has 0 atom stereocenters. The number of thioether (sulfide) groups is 1. The fourth-order valence-electron chi connectivity index (χ4n) is 2.21. The minimum absolute atomic E-state index is 0.0505. The molecular formula is C15H9ClF3N5O3S. The number of alkyl halides is 3. The van der Waals surface area contributed by atoms with Crippen molar-refractivity contribution in [1.29, 1.82) is 0 Å². The third kappa shape index (κ3) is 4.34. The molecule has 0 fully saturated rings. The van der Waals surface area contributed by atoms with E-state index >= 15 is 0 Å². The van der Waals surface area contributed by atoms with Crippen LogP contribution in [0.25, 0.3) is 5.65 Å². The SMILES string of the molecule is O=C(CSc1nnc2ccc(C(F)(F)F)cn12)Nc1ccc(Cl)cc1[N+](=O)[O-]. The molecule has 0 radical (unpaired) electrons. The third-order valence-corrected chi connectivity index (χ3v) is 4.64. The average molecular weight is 432 g/mol. The fraction of sp³-hybridized carbons (Fsp3) is 0.133. The zero-order chi connectivity index (χ0) is 20.5.